The highest BCUT2D eigenvalue weighted by Gasteiger charge is 2.30. The molecule has 1 N–H and O–H groups in total. The fourth-order valence-corrected chi connectivity index (χ4v) is 4.97. The molecule has 0 spiro atoms. The van der Waals surface area contributed by atoms with E-state index in [2.05, 4.69) is 15.1 Å². The summed E-state index contributed by atoms with van der Waals surface area (Å²) in [6, 6.07) is 14.5. The summed E-state index contributed by atoms with van der Waals surface area (Å²) in [5, 5.41) is 6.92. The third-order valence-electron chi connectivity index (χ3n) is 5.53. The lowest BCUT2D eigenvalue weighted by Gasteiger charge is -2.36. The van der Waals surface area contributed by atoms with E-state index in [0.717, 1.165) is 36.9 Å². The molecule has 5 nitrogen and oxygen atoms in total. The Morgan fingerprint density at radius 3 is 2.59 bits per heavy atom. The molecular weight excluding hydrogens is 389 g/mol. The van der Waals surface area contributed by atoms with Crippen molar-refractivity contribution in [1.82, 2.24) is 15.1 Å². The molecule has 29 heavy (non-hydrogen) atoms. The summed E-state index contributed by atoms with van der Waals surface area (Å²) in [5.41, 5.74) is 3.11. The van der Waals surface area contributed by atoms with Gasteiger partial charge in [0.15, 0.2) is 9.84 Å². The molecule has 1 aliphatic rings. The SMILES string of the molecule is CS(=O)(=O)c1cn[nH]c1[C@@H]1CCCCN1Cc1ccccc1-c1ccccc1F. The van der Waals surface area contributed by atoms with Crippen LogP contribution in [0, 0.1) is 5.82 Å². The molecule has 1 aromatic heterocycles. The van der Waals surface area contributed by atoms with Gasteiger partial charge < -0.3 is 0 Å². The standard InChI is InChI=1S/C22H24FN3O2S/c1-29(27,28)21-14-24-25-22(21)20-12-6-7-13-26(20)15-16-8-2-3-9-17(16)18-10-4-5-11-19(18)23/h2-5,8-11,14,20H,6-7,12-13,15H2,1H3,(H,24,25)/t20-/m0/s1. The lowest BCUT2D eigenvalue weighted by atomic mass is 9.95. The number of aromatic nitrogens is 2. The Hall–Kier alpha value is -2.51. The smallest absolute Gasteiger partial charge is 0.178 e. The molecule has 1 saturated heterocycles. The first-order chi connectivity index (χ1) is 13.9. The molecule has 0 amide bonds. The molecule has 2 heterocycles. The Labute approximate surface area is 170 Å². The van der Waals surface area contributed by atoms with Crippen LogP contribution in [-0.4, -0.2) is 36.3 Å². The summed E-state index contributed by atoms with van der Waals surface area (Å²) in [6.07, 6.45) is 5.53. The van der Waals surface area contributed by atoms with Crippen LogP contribution in [0.5, 0.6) is 0 Å². The first-order valence-corrected chi connectivity index (χ1v) is 11.6. The highest BCUT2D eigenvalue weighted by molar-refractivity contribution is 7.90. The Kier molecular flexibility index (Phi) is 5.52. The van der Waals surface area contributed by atoms with E-state index in [1.54, 1.807) is 12.1 Å². The van der Waals surface area contributed by atoms with Crippen LogP contribution in [0.15, 0.2) is 59.6 Å². The van der Waals surface area contributed by atoms with E-state index in [4.69, 9.17) is 0 Å². The number of nitrogens with zero attached hydrogens (tertiary/aromatic N) is 2. The molecule has 0 aliphatic carbocycles. The van der Waals surface area contributed by atoms with Crippen LogP contribution in [-0.2, 0) is 16.4 Å². The number of nitrogens with one attached hydrogen (secondary N) is 1. The van der Waals surface area contributed by atoms with E-state index < -0.39 is 9.84 Å². The summed E-state index contributed by atoms with van der Waals surface area (Å²) >= 11 is 0. The Morgan fingerprint density at radius 2 is 1.83 bits per heavy atom. The molecule has 1 atom stereocenters. The van der Waals surface area contributed by atoms with Gasteiger partial charge in [-0.05, 0) is 36.6 Å². The summed E-state index contributed by atoms with van der Waals surface area (Å²) in [4.78, 5) is 2.53. The fourth-order valence-electron chi connectivity index (χ4n) is 4.15. The maximum absolute atomic E-state index is 14.4. The van der Waals surface area contributed by atoms with Crippen LogP contribution in [0.4, 0.5) is 4.39 Å². The molecule has 0 unspecified atom stereocenters. The Bertz CT molecular complexity index is 1110. The van der Waals surface area contributed by atoms with Crippen LogP contribution >= 0.6 is 0 Å². The zero-order valence-electron chi connectivity index (χ0n) is 16.3. The zero-order chi connectivity index (χ0) is 20.4. The molecule has 2 aromatic carbocycles. The first kappa shape index (κ1) is 19.8. The third-order valence-corrected chi connectivity index (χ3v) is 6.66. The molecule has 0 bridgehead atoms. The minimum atomic E-state index is -3.36. The van der Waals surface area contributed by atoms with Crippen molar-refractivity contribution in [3.05, 3.63) is 71.8 Å². The molecule has 0 radical (unpaired) electrons. The van der Waals surface area contributed by atoms with Gasteiger partial charge in [0.25, 0.3) is 0 Å². The van der Waals surface area contributed by atoms with Gasteiger partial charge in [-0.15, -0.1) is 0 Å². The molecule has 0 saturated carbocycles. The number of hydrogen-bond acceptors (Lipinski definition) is 4. The Balaban J connectivity index is 1.69. The predicted molar refractivity (Wildman–Crippen MR) is 111 cm³/mol. The van der Waals surface area contributed by atoms with Crippen LogP contribution in [0.3, 0.4) is 0 Å². The molecule has 152 valence electrons. The molecule has 4 rings (SSSR count). The summed E-state index contributed by atoms with van der Waals surface area (Å²) in [5.74, 6) is -0.247. The number of sulfone groups is 1. The predicted octanol–water partition coefficient (Wildman–Crippen LogP) is 4.35. The van der Waals surface area contributed by atoms with Crippen molar-refractivity contribution in [3.8, 4) is 11.1 Å². The van der Waals surface area contributed by atoms with Crippen molar-refractivity contribution in [1.29, 1.82) is 0 Å². The number of halogens is 1. The summed E-state index contributed by atoms with van der Waals surface area (Å²) < 4.78 is 38.8. The lowest BCUT2D eigenvalue weighted by Crippen LogP contribution is -2.34. The topological polar surface area (TPSA) is 66.1 Å². The van der Waals surface area contributed by atoms with Gasteiger partial charge in [0.1, 0.15) is 10.7 Å². The van der Waals surface area contributed by atoms with Gasteiger partial charge in [0, 0.05) is 18.4 Å². The summed E-state index contributed by atoms with van der Waals surface area (Å²) in [6.45, 7) is 1.45. The largest absolute Gasteiger partial charge is 0.290 e. The van der Waals surface area contributed by atoms with Crippen molar-refractivity contribution in [3.63, 3.8) is 0 Å². The quantitative estimate of drug-likeness (QED) is 0.675. The number of rotatable bonds is 5. The molecule has 3 aromatic rings. The highest BCUT2D eigenvalue weighted by atomic mass is 32.2. The maximum atomic E-state index is 14.4. The minimum absolute atomic E-state index is 0.0651. The molecule has 1 fully saturated rings. The van der Waals surface area contributed by atoms with Crippen molar-refractivity contribution in [2.75, 3.05) is 12.8 Å². The zero-order valence-corrected chi connectivity index (χ0v) is 17.1. The van der Waals surface area contributed by atoms with Gasteiger partial charge in [0.2, 0.25) is 0 Å². The van der Waals surface area contributed by atoms with Gasteiger partial charge in [-0.1, -0.05) is 48.9 Å². The second kappa shape index (κ2) is 8.08. The van der Waals surface area contributed by atoms with Gasteiger partial charge in [0.05, 0.1) is 17.9 Å². The highest BCUT2D eigenvalue weighted by Crippen LogP contribution is 2.36. The normalized spacial score (nSPS) is 18.1. The van der Waals surface area contributed by atoms with Crippen molar-refractivity contribution < 1.29 is 12.8 Å². The number of benzene rings is 2. The minimum Gasteiger partial charge on any atom is -0.290 e. The first-order valence-electron chi connectivity index (χ1n) is 9.75. The third kappa shape index (κ3) is 4.11. The van der Waals surface area contributed by atoms with E-state index in [9.17, 15) is 12.8 Å². The number of aromatic amines is 1. The van der Waals surface area contributed by atoms with E-state index in [-0.39, 0.29) is 16.8 Å². The average Bonchev–Trinajstić information content (AvgIpc) is 3.20. The van der Waals surface area contributed by atoms with Crippen LogP contribution in [0.25, 0.3) is 11.1 Å². The fraction of sp³-hybridized carbons (Fsp3) is 0.318. The van der Waals surface area contributed by atoms with E-state index in [1.165, 1.54) is 18.5 Å². The average molecular weight is 414 g/mol. The van der Waals surface area contributed by atoms with Gasteiger partial charge in [-0.2, -0.15) is 5.10 Å². The van der Waals surface area contributed by atoms with Crippen LogP contribution in [0.2, 0.25) is 0 Å². The van der Waals surface area contributed by atoms with Crippen LogP contribution < -0.4 is 0 Å². The van der Waals surface area contributed by atoms with Crippen molar-refractivity contribution in [2.24, 2.45) is 0 Å². The number of piperidine rings is 1. The lowest BCUT2D eigenvalue weighted by molar-refractivity contribution is 0.135. The Morgan fingerprint density at radius 1 is 1.10 bits per heavy atom. The number of H-pyrrole nitrogens is 1. The molecule has 7 heteroatoms. The second-order valence-corrected chi connectivity index (χ2v) is 9.52. The number of hydrogen-bond donors (Lipinski definition) is 1. The summed E-state index contributed by atoms with van der Waals surface area (Å²) in [7, 11) is -3.36. The molecular formula is C22H24FN3O2S. The number of likely N-dealkylation sites (tertiary alicyclic amines) is 1. The van der Waals surface area contributed by atoms with Gasteiger partial charge in [-0.3, -0.25) is 10.00 Å². The molecule has 1 aliphatic heterocycles. The van der Waals surface area contributed by atoms with E-state index in [1.807, 2.05) is 30.3 Å². The second-order valence-electron chi connectivity index (χ2n) is 7.54. The van der Waals surface area contributed by atoms with E-state index in [0.29, 0.717) is 17.8 Å². The van der Waals surface area contributed by atoms with Crippen molar-refractivity contribution >= 4 is 9.84 Å². The van der Waals surface area contributed by atoms with Gasteiger partial charge >= 0.3 is 0 Å². The van der Waals surface area contributed by atoms with E-state index >= 15 is 0 Å². The monoisotopic (exact) mass is 413 g/mol. The maximum Gasteiger partial charge on any atom is 0.178 e. The van der Waals surface area contributed by atoms with Crippen molar-refractivity contribution in [2.45, 2.75) is 36.7 Å². The van der Waals surface area contributed by atoms with Crippen LogP contribution in [0.1, 0.15) is 36.6 Å². The van der Waals surface area contributed by atoms with Gasteiger partial charge in [-0.25, -0.2) is 12.8 Å².